The number of Topliss-reactive ketones (excluding diaryl/α,β-unsaturated/α-hetero) is 1. The van der Waals surface area contributed by atoms with Crippen molar-refractivity contribution in [1.29, 1.82) is 5.41 Å². The van der Waals surface area contributed by atoms with Crippen LogP contribution in [0.25, 0.3) is 6.08 Å². The smallest absolute Gasteiger partial charge is 0.186 e. The molecule has 25 heavy (non-hydrogen) atoms. The van der Waals surface area contributed by atoms with Crippen LogP contribution in [0.15, 0.2) is 23.1 Å². The third-order valence-electron chi connectivity index (χ3n) is 3.74. The molecule has 1 aliphatic heterocycles. The van der Waals surface area contributed by atoms with Crippen molar-refractivity contribution in [2.45, 2.75) is 19.3 Å². The highest BCUT2D eigenvalue weighted by Gasteiger charge is 2.39. The molecule has 1 saturated heterocycles. The van der Waals surface area contributed by atoms with Crippen LogP contribution in [-0.2, 0) is 11.2 Å². The highest BCUT2D eigenvalue weighted by Crippen LogP contribution is 2.42. The minimum atomic E-state index is -0.648. The van der Waals surface area contributed by atoms with E-state index < -0.39 is 5.92 Å². The Morgan fingerprint density at radius 3 is 2.72 bits per heavy atom. The summed E-state index contributed by atoms with van der Waals surface area (Å²) in [5.74, 6) is 0.539. The van der Waals surface area contributed by atoms with Gasteiger partial charge in [-0.3, -0.25) is 10.2 Å². The summed E-state index contributed by atoms with van der Waals surface area (Å²) in [7, 11) is 3.16. The number of rotatable bonds is 5. The second-order valence-electron chi connectivity index (χ2n) is 5.27. The van der Waals surface area contributed by atoms with E-state index in [9.17, 15) is 4.79 Å². The molecule has 0 radical (unpaired) electrons. The maximum absolute atomic E-state index is 12.8. The van der Waals surface area contributed by atoms with Crippen molar-refractivity contribution in [1.82, 2.24) is 10.2 Å². The lowest BCUT2D eigenvalue weighted by Gasteiger charge is -2.07. The molecule has 0 bridgehead atoms. The fourth-order valence-corrected chi connectivity index (χ4v) is 4.38. The summed E-state index contributed by atoms with van der Waals surface area (Å²) in [6, 6.07) is 5.38. The first kappa shape index (κ1) is 17.6. The van der Waals surface area contributed by atoms with Gasteiger partial charge in [-0.05, 0) is 30.7 Å². The van der Waals surface area contributed by atoms with Gasteiger partial charge in [0.05, 0.1) is 24.2 Å². The summed E-state index contributed by atoms with van der Waals surface area (Å²) in [6.45, 7) is 1.99. The predicted molar refractivity (Wildman–Crippen MR) is 99.9 cm³/mol. The Balaban J connectivity index is 1.95. The second-order valence-corrected chi connectivity index (χ2v) is 7.45. The van der Waals surface area contributed by atoms with Crippen molar-refractivity contribution in [2.75, 3.05) is 14.2 Å². The van der Waals surface area contributed by atoms with E-state index in [1.54, 1.807) is 38.5 Å². The first-order valence-electron chi connectivity index (χ1n) is 7.63. The summed E-state index contributed by atoms with van der Waals surface area (Å²) in [4.78, 5) is 13.3. The van der Waals surface area contributed by atoms with E-state index in [1.165, 1.54) is 11.3 Å². The standard InChI is InChI=1S/C17H17N3O3S2/c1-4-13-19-20-17(25-13)14-15(21)12(24-16(14)18)8-9-7-10(22-2)5-6-11(9)23-3/h5-8,14,18H,4H2,1-3H3/b12-8-,18-16?/t14-/m0/s1. The van der Waals surface area contributed by atoms with Gasteiger partial charge < -0.3 is 9.47 Å². The molecule has 0 unspecified atom stereocenters. The van der Waals surface area contributed by atoms with Gasteiger partial charge in [-0.2, -0.15) is 0 Å². The number of carbonyl (C=O) groups excluding carboxylic acids is 1. The summed E-state index contributed by atoms with van der Waals surface area (Å²) in [5.41, 5.74) is 0.734. The van der Waals surface area contributed by atoms with Crippen molar-refractivity contribution >= 4 is 40.0 Å². The molecule has 3 rings (SSSR count). The molecule has 0 aliphatic carbocycles. The molecule has 0 spiro atoms. The maximum Gasteiger partial charge on any atom is 0.186 e. The Bertz CT molecular complexity index is 861. The molecule has 0 amide bonds. The van der Waals surface area contributed by atoms with Gasteiger partial charge in [-0.1, -0.05) is 18.7 Å². The normalized spacial score (nSPS) is 18.8. The van der Waals surface area contributed by atoms with Gasteiger partial charge >= 0.3 is 0 Å². The number of ketones is 1. The monoisotopic (exact) mass is 375 g/mol. The van der Waals surface area contributed by atoms with Crippen LogP contribution in [0.4, 0.5) is 0 Å². The molecule has 1 atom stereocenters. The summed E-state index contributed by atoms with van der Waals surface area (Å²) < 4.78 is 10.6. The van der Waals surface area contributed by atoms with Gasteiger partial charge in [-0.25, -0.2) is 0 Å². The van der Waals surface area contributed by atoms with Crippen LogP contribution in [0.2, 0.25) is 0 Å². The van der Waals surface area contributed by atoms with Crippen molar-refractivity contribution < 1.29 is 14.3 Å². The van der Waals surface area contributed by atoms with E-state index >= 15 is 0 Å². The van der Waals surface area contributed by atoms with Gasteiger partial charge in [-0.15, -0.1) is 21.5 Å². The fraction of sp³-hybridized carbons (Fsp3) is 0.294. The number of carbonyl (C=O) groups is 1. The van der Waals surface area contributed by atoms with Gasteiger partial charge in [0.15, 0.2) is 5.78 Å². The molecule has 8 heteroatoms. The highest BCUT2D eigenvalue weighted by atomic mass is 32.2. The average molecular weight is 375 g/mol. The van der Waals surface area contributed by atoms with Crippen LogP contribution < -0.4 is 9.47 Å². The zero-order valence-corrected chi connectivity index (χ0v) is 15.7. The lowest BCUT2D eigenvalue weighted by atomic mass is 10.0. The number of benzene rings is 1. The van der Waals surface area contributed by atoms with Crippen LogP contribution in [0.3, 0.4) is 0 Å². The number of methoxy groups -OCH3 is 2. The highest BCUT2D eigenvalue weighted by molar-refractivity contribution is 8.19. The molecule has 1 N–H and O–H groups in total. The van der Waals surface area contributed by atoms with Crippen LogP contribution in [0.5, 0.6) is 11.5 Å². The fourth-order valence-electron chi connectivity index (χ4n) is 2.43. The van der Waals surface area contributed by atoms with Crippen LogP contribution in [0, 0.1) is 5.41 Å². The molecule has 2 aromatic rings. The van der Waals surface area contributed by atoms with Gasteiger partial charge in [0, 0.05) is 5.56 Å². The minimum absolute atomic E-state index is 0.126. The largest absolute Gasteiger partial charge is 0.497 e. The number of allylic oxidation sites excluding steroid dienone is 1. The van der Waals surface area contributed by atoms with Crippen molar-refractivity contribution in [3.05, 3.63) is 38.7 Å². The Morgan fingerprint density at radius 2 is 2.08 bits per heavy atom. The SMILES string of the molecule is CCc1nnc([C@@H]2C(=N)S/C(=C\c3cc(OC)ccc3OC)C2=O)s1. The first-order valence-corrected chi connectivity index (χ1v) is 9.27. The number of hydrogen-bond acceptors (Lipinski definition) is 8. The summed E-state index contributed by atoms with van der Waals surface area (Å²) in [5, 5.41) is 18.1. The van der Waals surface area contributed by atoms with E-state index in [1.807, 2.05) is 6.92 Å². The van der Waals surface area contributed by atoms with Crippen LogP contribution in [0.1, 0.15) is 28.4 Å². The number of hydrogen-bond donors (Lipinski definition) is 1. The van der Waals surface area contributed by atoms with E-state index in [0.717, 1.165) is 28.8 Å². The van der Waals surface area contributed by atoms with Crippen LogP contribution in [-0.4, -0.2) is 35.2 Å². The molecule has 1 fully saturated rings. The Hall–Kier alpha value is -2.19. The lowest BCUT2D eigenvalue weighted by molar-refractivity contribution is -0.114. The zero-order valence-electron chi connectivity index (χ0n) is 14.0. The number of ether oxygens (including phenoxy) is 2. The molecule has 1 aliphatic rings. The molecule has 0 saturated carbocycles. The minimum Gasteiger partial charge on any atom is -0.497 e. The molecular weight excluding hydrogens is 358 g/mol. The van der Waals surface area contributed by atoms with E-state index in [2.05, 4.69) is 10.2 Å². The van der Waals surface area contributed by atoms with Gasteiger partial charge in [0.25, 0.3) is 0 Å². The van der Waals surface area contributed by atoms with Crippen molar-refractivity contribution in [2.24, 2.45) is 0 Å². The predicted octanol–water partition coefficient (Wildman–Crippen LogP) is 3.54. The number of nitrogens with one attached hydrogen (secondary N) is 1. The molecular formula is C17H17N3O3S2. The van der Waals surface area contributed by atoms with E-state index in [-0.39, 0.29) is 10.8 Å². The molecule has 1 aromatic carbocycles. The van der Waals surface area contributed by atoms with Gasteiger partial charge in [0.1, 0.15) is 27.4 Å². The number of thioether (sulfide) groups is 1. The Kier molecular flexibility index (Phi) is 5.19. The van der Waals surface area contributed by atoms with Crippen molar-refractivity contribution in [3.63, 3.8) is 0 Å². The molecule has 130 valence electrons. The number of aromatic nitrogens is 2. The quantitative estimate of drug-likeness (QED) is 0.805. The Labute approximate surface area is 153 Å². The Morgan fingerprint density at radius 1 is 1.28 bits per heavy atom. The first-order chi connectivity index (χ1) is 12.1. The average Bonchev–Trinajstić information content (AvgIpc) is 3.19. The summed E-state index contributed by atoms with van der Waals surface area (Å²) >= 11 is 2.55. The van der Waals surface area contributed by atoms with Gasteiger partial charge in [0.2, 0.25) is 0 Å². The lowest BCUT2D eigenvalue weighted by Crippen LogP contribution is -2.11. The topological polar surface area (TPSA) is 85.2 Å². The molecule has 2 heterocycles. The molecule has 1 aromatic heterocycles. The third kappa shape index (κ3) is 3.45. The zero-order chi connectivity index (χ0) is 18.0. The molecule has 6 nitrogen and oxygen atoms in total. The van der Waals surface area contributed by atoms with Crippen molar-refractivity contribution in [3.8, 4) is 11.5 Å². The number of nitrogens with zero attached hydrogens (tertiary/aromatic N) is 2. The van der Waals surface area contributed by atoms with E-state index in [0.29, 0.717) is 21.4 Å². The van der Waals surface area contributed by atoms with Crippen LogP contribution >= 0.6 is 23.1 Å². The second kappa shape index (κ2) is 7.37. The summed E-state index contributed by atoms with van der Waals surface area (Å²) in [6.07, 6.45) is 2.51. The van der Waals surface area contributed by atoms with E-state index in [4.69, 9.17) is 14.9 Å². The maximum atomic E-state index is 12.8. The number of aryl methyl sites for hydroxylation is 1. The third-order valence-corrected chi connectivity index (χ3v) is 5.87.